The lowest BCUT2D eigenvalue weighted by atomic mass is 10.0. The van der Waals surface area contributed by atoms with E-state index in [2.05, 4.69) is 16.0 Å². The standard InChI is InChI=1S/C23H24ClFN4O4S/c24-16-10-15(2-3-17(16)25)27-22(31)29-7-5-23(6-8-29)28-18(12-34-23)21(30)26-11-14-1-4-19-20(9-14)33-13-32-19/h1-4,9-10,18,28H,5-8,11-13H2,(H,26,30)(H,27,31). The molecule has 0 aliphatic carbocycles. The monoisotopic (exact) mass is 506 g/mol. The SMILES string of the molecule is O=C(NCc1ccc2c(c1)OCO2)C1CSC2(CCN(C(=O)Nc3ccc(F)c(Cl)c3)CC2)N1. The first-order valence-corrected chi connectivity index (χ1v) is 12.4. The Balaban J connectivity index is 1.09. The second kappa shape index (κ2) is 9.52. The molecule has 5 rings (SSSR count). The third-order valence-corrected chi connectivity index (χ3v) is 8.08. The molecule has 0 saturated carbocycles. The fourth-order valence-corrected chi connectivity index (χ4v) is 5.88. The smallest absolute Gasteiger partial charge is 0.321 e. The van der Waals surface area contributed by atoms with E-state index in [1.54, 1.807) is 16.7 Å². The molecule has 2 aromatic carbocycles. The summed E-state index contributed by atoms with van der Waals surface area (Å²) in [6.07, 6.45) is 1.45. The quantitative estimate of drug-likeness (QED) is 0.587. The summed E-state index contributed by atoms with van der Waals surface area (Å²) in [5, 5.41) is 9.21. The summed E-state index contributed by atoms with van der Waals surface area (Å²) in [6.45, 7) is 1.72. The van der Waals surface area contributed by atoms with Crippen LogP contribution < -0.4 is 25.4 Å². The zero-order valence-electron chi connectivity index (χ0n) is 18.2. The third kappa shape index (κ3) is 4.89. The summed E-state index contributed by atoms with van der Waals surface area (Å²) in [5.41, 5.74) is 1.39. The van der Waals surface area contributed by atoms with Crippen LogP contribution in [-0.4, -0.2) is 53.4 Å². The highest BCUT2D eigenvalue weighted by molar-refractivity contribution is 8.01. The summed E-state index contributed by atoms with van der Waals surface area (Å²) in [7, 11) is 0. The average Bonchev–Trinajstić information content (AvgIpc) is 3.47. The van der Waals surface area contributed by atoms with Crippen molar-refractivity contribution in [1.29, 1.82) is 0 Å². The Morgan fingerprint density at radius 1 is 1.18 bits per heavy atom. The fraction of sp³-hybridized carbons (Fsp3) is 0.391. The molecule has 2 saturated heterocycles. The molecular weight excluding hydrogens is 483 g/mol. The van der Waals surface area contributed by atoms with Crippen LogP contribution in [0.2, 0.25) is 5.02 Å². The zero-order valence-corrected chi connectivity index (χ0v) is 19.8. The van der Waals surface area contributed by atoms with E-state index in [4.69, 9.17) is 21.1 Å². The molecule has 8 nitrogen and oxygen atoms in total. The number of rotatable bonds is 4. The molecule has 11 heteroatoms. The molecule has 1 unspecified atom stereocenters. The van der Waals surface area contributed by atoms with Crippen molar-refractivity contribution in [3.05, 3.63) is 52.8 Å². The van der Waals surface area contributed by atoms with Gasteiger partial charge in [-0.15, -0.1) is 11.8 Å². The minimum Gasteiger partial charge on any atom is -0.454 e. The van der Waals surface area contributed by atoms with Gasteiger partial charge in [0.2, 0.25) is 12.7 Å². The summed E-state index contributed by atoms with van der Waals surface area (Å²) in [6, 6.07) is 9.18. The Hall–Kier alpha value is -2.69. The van der Waals surface area contributed by atoms with E-state index in [0.29, 0.717) is 42.6 Å². The van der Waals surface area contributed by atoms with Crippen LogP contribution in [0, 0.1) is 5.82 Å². The van der Waals surface area contributed by atoms with Gasteiger partial charge in [-0.25, -0.2) is 9.18 Å². The first-order chi connectivity index (χ1) is 16.4. The molecule has 3 N–H and O–H groups in total. The van der Waals surface area contributed by atoms with Crippen molar-refractivity contribution in [2.45, 2.75) is 30.3 Å². The number of anilines is 1. The number of thioether (sulfide) groups is 1. The van der Waals surface area contributed by atoms with E-state index in [1.807, 2.05) is 18.2 Å². The molecule has 0 bridgehead atoms. The summed E-state index contributed by atoms with van der Waals surface area (Å²) >= 11 is 7.52. The molecule has 3 aliphatic heterocycles. The van der Waals surface area contributed by atoms with Crippen LogP contribution in [0.4, 0.5) is 14.9 Å². The van der Waals surface area contributed by atoms with Gasteiger partial charge >= 0.3 is 6.03 Å². The number of halogens is 2. The molecule has 1 atom stereocenters. The Kier molecular flexibility index (Phi) is 6.46. The number of piperidine rings is 1. The third-order valence-electron chi connectivity index (χ3n) is 6.21. The van der Waals surface area contributed by atoms with E-state index in [1.165, 1.54) is 18.2 Å². The van der Waals surface area contributed by atoms with Gasteiger partial charge in [0.15, 0.2) is 11.5 Å². The summed E-state index contributed by atoms with van der Waals surface area (Å²) in [5.74, 6) is 1.51. The van der Waals surface area contributed by atoms with Crippen molar-refractivity contribution < 1.29 is 23.5 Å². The lowest BCUT2D eigenvalue weighted by Crippen LogP contribution is -2.54. The number of carbonyl (C=O) groups is 2. The van der Waals surface area contributed by atoms with Crippen LogP contribution in [-0.2, 0) is 11.3 Å². The average molecular weight is 507 g/mol. The molecule has 180 valence electrons. The highest BCUT2D eigenvalue weighted by atomic mass is 35.5. The molecule has 34 heavy (non-hydrogen) atoms. The van der Waals surface area contributed by atoms with Crippen LogP contribution in [0.25, 0.3) is 0 Å². The molecule has 0 aromatic heterocycles. The van der Waals surface area contributed by atoms with Crippen molar-refractivity contribution in [1.82, 2.24) is 15.5 Å². The number of likely N-dealkylation sites (tertiary alicyclic amines) is 1. The number of amides is 3. The maximum Gasteiger partial charge on any atom is 0.321 e. The number of urea groups is 1. The van der Waals surface area contributed by atoms with Crippen molar-refractivity contribution in [3.8, 4) is 11.5 Å². The van der Waals surface area contributed by atoms with Gasteiger partial charge in [-0.1, -0.05) is 17.7 Å². The van der Waals surface area contributed by atoms with Gasteiger partial charge in [-0.3, -0.25) is 10.1 Å². The van der Waals surface area contributed by atoms with Crippen molar-refractivity contribution >= 4 is 41.0 Å². The predicted molar refractivity (Wildman–Crippen MR) is 128 cm³/mol. The van der Waals surface area contributed by atoms with E-state index >= 15 is 0 Å². The number of ether oxygens (including phenoxy) is 2. The maximum atomic E-state index is 13.3. The molecule has 3 amide bonds. The number of hydrogen-bond donors (Lipinski definition) is 3. The topological polar surface area (TPSA) is 91.9 Å². The van der Waals surface area contributed by atoms with Crippen LogP contribution >= 0.6 is 23.4 Å². The first-order valence-electron chi connectivity index (χ1n) is 11.0. The van der Waals surface area contributed by atoms with Gasteiger partial charge in [0.25, 0.3) is 0 Å². The Morgan fingerprint density at radius 3 is 2.76 bits per heavy atom. The Labute approximate surface area is 205 Å². The first kappa shape index (κ1) is 23.1. The lowest BCUT2D eigenvalue weighted by Gasteiger charge is -2.39. The van der Waals surface area contributed by atoms with Crippen LogP contribution in [0.5, 0.6) is 11.5 Å². The number of hydrogen-bond acceptors (Lipinski definition) is 6. The van der Waals surface area contributed by atoms with Crippen LogP contribution in [0.1, 0.15) is 18.4 Å². The molecule has 0 radical (unpaired) electrons. The maximum absolute atomic E-state index is 13.3. The van der Waals surface area contributed by atoms with Gasteiger partial charge in [0.05, 0.1) is 15.9 Å². The van der Waals surface area contributed by atoms with E-state index < -0.39 is 5.82 Å². The van der Waals surface area contributed by atoms with Gasteiger partial charge in [0, 0.05) is 31.1 Å². The highest BCUT2D eigenvalue weighted by Crippen LogP contribution is 2.39. The van der Waals surface area contributed by atoms with E-state index in [9.17, 15) is 14.0 Å². The number of carbonyl (C=O) groups excluding carboxylic acids is 2. The van der Waals surface area contributed by atoms with Gasteiger partial charge in [-0.2, -0.15) is 0 Å². The number of nitrogens with one attached hydrogen (secondary N) is 3. The van der Waals surface area contributed by atoms with Gasteiger partial charge in [-0.05, 0) is 48.7 Å². The minimum atomic E-state index is -0.529. The van der Waals surface area contributed by atoms with Gasteiger partial charge < -0.3 is 25.0 Å². The highest BCUT2D eigenvalue weighted by Gasteiger charge is 2.44. The minimum absolute atomic E-state index is 0.0372. The van der Waals surface area contributed by atoms with E-state index in [-0.39, 0.29) is 34.7 Å². The number of fused-ring (bicyclic) bond motifs is 1. The largest absolute Gasteiger partial charge is 0.454 e. The molecule has 2 aromatic rings. The number of nitrogens with zero attached hydrogens (tertiary/aromatic N) is 1. The van der Waals surface area contributed by atoms with Crippen molar-refractivity contribution in [2.75, 3.05) is 31.0 Å². The fourth-order valence-electron chi connectivity index (χ4n) is 4.28. The zero-order chi connectivity index (χ0) is 23.7. The molecular formula is C23H24ClFN4O4S. The normalized spacial score (nSPS) is 20.4. The molecule has 1 spiro atoms. The van der Waals surface area contributed by atoms with Crippen molar-refractivity contribution in [3.63, 3.8) is 0 Å². The van der Waals surface area contributed by atoms with Crippen LogP contribution in [0.15, 0.2) is 36.4 Å². The second-order valence-electron chi connectivity index (χ2n) is 8.45. The van der Waals surface area contributed by atoms with Gasteiger partial charge in [0.1, 0.15) is 5.82 Å². The molecule has 2 fully saturated rings. The molecule has 3 aliphatic rings. The summed E-state index contributed by atoms with van der Waals surface area (Å²) in [4.78, 5) is 26.8. The second-order valence-corrected chi connectivity index (χ2v) is 10.3. The molecule has 3 heterocycles. The predicted octanol–water partition coefficient (Wildman–Crippen LogP) is 3.55. The number of benzene rings is 2. The van der Waals surface area contributed by atoms with E-state index in [0.717, 1.165) is 18.4 Å². The van der Waals surface area contributed by atoms with Crippen molar-refractivity contribution in [2.24, 2.45) is 0 Å². The Morgan fingerprint density at radius 2 is 1.97 bits per heavy atom. The Bertz CT molecular complexity index is 1110. The van der Waals surface area contributed by atoms with Crippen LogP contribution in [0.3, 0.4) is 0 Å². The summed E-state index contributed by atoms with van der Waals surface area (Å²) < 4.78 is 24.0. The lowest BCUT2D eigenvalue weighted by molar-refractivity contribution is -0.122.